The minimum absolute atomic E-state index is 0.790. The van der Waals surface area contributed by atoms with Gasteiger partial charge in [0.05, 0.1) is 0 Å². The molecule has 1 aliphatic rings. The van der Waals surface area contributed by atoms with Gasteiger partial charge in [0, 0.05) is 0 Å². The van der Waals surface area contributed by atoms with Crippen LogP contribution in [0.5, 0.6) is 0 Å². The van der Waals surface area contributed by atoms with Crippen LogP contribution < -0.4 is 0 Å². The largest absolute Gasteiger partial charge is 0.179 e. The maximum absolute atomic E-state index is 4.41. The molecule has 0 unspecified atom stereocenters. The van der Waals surface area contributed by atoms with Crippen molar-refractivity contribution in [1.29, 1.82) is 0 Å². The molecule has 2 atom stereocenters. The molecule has 0 aromatic heterocycles. The molecule has 0 aromatic rings. The number of thiol groups is 1. The van der Waals surface area contributed by atoms with E-state index in [9.17, 15) is 0 Å². The Morgan fingerprint density at radius 1 is 1.08 bits per heavy atom. The van der Waals surface area contributed by atoms with Crippen LogP contribution in [0.4, 0.5) is 0 Å². The van der Waals surface area contributed by atoms with Crippen LogP contribution in [0.2, 0.25) is 0 Å². The van der Waals surface area contributed by atoms with Crippen molar-refractivity contribution in [2.24, 2.45) is 11.8 Å². The summed E-state index contributed by atoms with van der Waals surface area (Å²) in [7, 11) is 0. The standard InChI is InChI=1S/C12H22S/c1-2-11-6-3-4-7-12(10-13)9-5-8-11/h2,11-13H,1,3-10H2/t11-,12+/m0/s1. The average Bonchev–Trinajstić information content (AvgIpc) is 2.28. The first-order valence-electron chi connectivity index (χ1n) is 5.60. The van der Waals surface area contributed by atoms with Crippen LogP contribution in [0.1, 0.15) is 44.9 Å². The highest BCUT2D eigenvalue weighted by molar-refractivity contribution is 7.80. The van der Waals surface area contributed by atoms with Crippen molar-refractivity contribution in [3.05, 3.63) is 12.7 Å². The maximum Gasteiger partial charge on any atom is -0.00695 e. The topological polar surface area (TPSA) is 0 Å². The van der Waals surface area contributed by atoms with Gasteiger partial charge in [0.2, 0.25) is 0 Å². The fourth-order valence-electron chi connectivity index (χ4n) is 2.22. The van der Waals surface area contributed by atoms with Gasteiger partial charge >= 0.3 is 0 Å². The van der Waals surface area contributed by atoms with E-state index in [4.69, 9.17) is 0 Å². The van der Waals surface area contributed by atoms with Gasteiger partial charge in [-0.25, -0.2) is 0 Å². The predicted molar refractivity (Wildman–Crippen MR) is 63.3 cm³/mol. The Morgan fingerprint density at radius 2 is 1.69 bits per heavy atom. The zero-order valence-electron chi connectivity index (χ0n) is 8.54. The second-order valence-corrected chi connectivity index (χ2v) is 4.62. The summed E-state index contributed by atoms with van der Waals surface area (Å²) in [6.07, 6.45) is 11.8. The van der Waals surface area contributed by atoms with E-state index >= 15 is 0 Å². The third-order valence-electron chi connectivity index (χ3n) is 3.22. The van der Waals surface area contributed by atoms with E-state index < -0.39 is 0 Å². The summed E-state index contributed by atoms with van der Waals surface area (Å²) in [6, 6.07) is 0. The first kappa shape index (κ1) is 11.2. The summed E-state index contributed by atoms with van der Waals surface area (Å²) in [5.41, 5.74) is 0. The Hall–Kier alpha value is 0.0900. The molecule has 0 radical (unpaired) electrons. The first-order chi connectivity index (χ1) is 6.36. The molecule has 1 fully saturated rings. The number of allylic oxidation sites excluding steroid dienone is 1. The molecular weight excluding hydrogens is 176 g/mol. The molecule has 0 nitrogen and oxygen atoms in total. The fourth-order valence-corrected chi connectivity index (χ4v) is 2.58. The van der Waals surface area contributed by atoms with Crippen LogP contribution in [0.3, 0.4) is 0 Å². The summed E-state index contributed by atoms with van der Waals surface area (Å²) < 4.78 is 0. The van der Waals surface area contributed by atoms with Crippen molar-refractivity contribution in [1.82, 2.24) is 0 Å². The van der Waals surface area contributed by atoms with E-state index in [0.29, 0.717) is 0 Å². The number of rotatable bonds is 2. The van der Waals surface area contributed by atoms with Gasteiger partial charge in [0.15, 0.2) is 0 Å². The van der Waals surface area contributed by atoms with Crippen LogP contribution in [0.25, 0.3) is 0 Å². The van der Waals surface area contributed by atoms with Crippen LogP contribution in [-0.4, -0.2) is 5.75 Å². The normalized spacial score (nSPS) is 31.5. The molecule has 0 spiro atoms. The van der Waals surface area contributed by atoms with Crippen molar-refractivity contribution in [2.45, 2.75) is 44.9 Å². The molecule has 1 saturated carbocycles. The summed E-state index contributed by atoms with van der Waals surface area (Å²) in [6.45, 7) is 3.91. The predicted octanol–water partition coefficient (Wildman–Crippen LogP) is 4.08. The van der Waals surface area contributed by atoms with Gasteiger partial charge in [-0.3, -0.25) is 0 Å². The van der Waals surface area contributed by atoms with Gasteiger partial charge in [0.25, 0.3) is 0 Å². The summed E-state index contributed by atoms with van der Waals surface area (Å²) >= 11 is 4.41. The monoisotopic (exact) mass is 198 g/mol. The smallest absolute Gasteiger partial charge is 0.00695 e. The highest BCUT2D eigenvalue weighted by Crippen LogP contribution is 2.26. The molecular formula is C12H22S. The minimum atomic E-state index is 0.790. The molecule has 1 rings (SSSR count). The molecule has 0 amide bonds. The molecule has 0 saturated heterocycles. The lowest BCUT2D eigenvalue weighted by Crippen LogP contribution is -2.01. The summed E-state index contributed by atoms with van der Waals surface area (Å²) in [5, 5.41) is 0. The van der Waals surface area contributed by atoms with Crippen LogP contribution in [-0.2, 0) is 0 Å². The third-order valence-corrected chi connectivity index (χ3v) is 3.73. The first-order valence-corrected chi connectivity index (χ1v) is 6.23. The summed E-state index contributed by atoms with van der Waals surface area (Å²) in [4.78, 5) is 0. The van der Waals surface area contributed by atoms with E-state index in [1.54, 1.807) is 0 Å². The second kappa shape index (κ2) is 6.53. The highest BCUT2D eigenvalue weighted by Gasteiger charge is 2.12. The van der Waals surface area contributed by atoms with E-state index in [2.05, 4.69) is 25.3 Å². The Kier molecular flexibility index (Phi) is 5.61. The molecule has 0 bridgehead atoms. The Morgan fingerprint density at radius 3 is 2.38 bits per heavy atom. The molecule has 0 heterocycles. The van der Waals surface area contributed by atoms with Gasteiger partial charge < -0.3 is 0 Å². The zero-order valence-corrected chi connectivity index (χ0v) is 9.44. The quantitative estimate of drug-likeness (QED) is 0.501. The number of hydrogen-bond acceptors (Lipinski definition) is 1. The summed E-state index contributed by atoms with van der Waals surface area (Å²) in [5.74, 6) is 2.75. The average molecular weight is 198 g/mol. The Bertz CT molecular complexity index is 142. The van der Waals surface area contributed by atoms with Crippen molar-refractivity contribution in [3.8, 4) is 0 Å². The van der Waals surface area contributed by atoms with E-state index in [-0.39, 0.29) is 0 Å². The van der Waals surface area contributed by atoms with Gasteiger partial charge in [-0.05, 0) is 43.3 Å². The van der Waals surface area contributed by atoms with Gasteiger partial charge in [0.1, 0.15) is 0 Å². The highest BCUT2D eigenvalue weighted by atomic mass is 32.1. The van der Waals surface area contributed by atoms with Gasteiger partial charge in [-0.15, -0.1) is 6.58 Å². The van der Waals surface area contributed by atoms with E-state index in [1.165, 1.54) is 44.9 Å². The van der Waals surface area contributed by atoms with Gasteiger partial charge in [-0.1, -0.05) is 25.3 Å². The van der Waals surface area contributed by atoms with Crippen LogP contribution in [0.15, 0.2) is 12.7 Å². The third kappa shape index (κ3) is 4.21. The maximum atomic E-state index is 4.41. The molecule has 0 aliphatic heterocycles. The Labute approximate surface area is 88.2 Å². The van der Waals surface area contributed by atoms with Crippen LogP contribution >= 0.6 is 12.6 Å². The van der Waals surface area contributed by atoms with Crippen molar-refractivity contribution < 1.29 is 0 Å². The zero-order chi connectivity index (χ0) is 9.52. The molecule has 0 aromatic carbocycles. The fraction of sp³-hybridized carbons (Fsp3) is 0.833. The molecule has 1 heteroatoms. The van der Waals surface area contributed by atoms with Gasteiger partial charge in [-0.2, -0.15) is 12.6 Å². The number of hydrogen-bond donors (Lipinski definition) is 1. The SMILES string of the molecule is C=C[C@H]1CCCC[C@@H](CS)CCC1. The molecule has 13 heavy (non-hydrogen) atoms. The van der Waals surface area contributed by atoms with Crippen LogP contribution in [0, 0.1) is 11.8 Å². The lowest BCUT2D eigenvalue weighted by atomic mass is 9.96. The second-order valence-electron chi connectivity index (χ2n) is 4.26. The van der Waals surface area contributed by atoms with Crippen molar-refractivity contribution in [2.75, 3.05) is 5.75 Å². The van der Waals surface area contributed by atoms with E-state index in [1.807, 2.05) is 0 Å². The lowest BCUT2D eigenvalue weighted by Gasteiger charge is -2.12. The van der Waals surface area contributed by atoms with Crippen molar-refractivity contribution >= 4 is 12.6 Å². The Balaban J connectivity index is 2.33. The molecule has 0 N–H and O–H groups in total. The minimum Gasteiger partial charge on any atom is -0.179 e. The van der Waals surface area contributed by atoms with E-state index in [0.717, 1.165) is 17.6 Å². The molecule has 76 valence electrons. The molecule has 1 aliphatic carbocycles. The lowest BCUT2D eigenvalue weighted by molar-refractivity contribution is 0.468. The van der Waals surface area contributed by atoms with Crippen molar-refractivity contribution in [3.63, 3.8) is 0 Å².